The molecule has 0 radical (unpaired) electrons. The minimum atomic E-state index is -4.72. The van der Waals surface area contributed by atoms with Crippen LogP contribution in [0.3, 0.4) is 0 Å². The number of carbonyl (C=O) groups excluding carboxylic acids is 4. The van der Waals surface area contributed by atoms with Gasteiger partial charge in [0.1, 0.15) is 17.6 Å². The molecule has 0 unspecified atom stereocenters. The van der Waals surface area contributed by atoms with E-state index in [0.29, 0.717) is 40.1 Å². The molecule has 1 saturated carbocycles. The molecule has 4 N–H and O–H groups in total. The number of aromatic nitrogens is 3. The van der Waals surface area contributed by atoms with E-state index in [9.17, 15) is 23.7 Å². The lowest BCUT2D eigenvalue weighted by molar-refractivity contribution is -0.151. The Morgan fingerprint density at radius 2 is 1.80 bits per heavy atom. The van der Waals surface area contributed by atoms with E-state index < -0.39 is 32.6 Å². The summed E-state index contributed by atoms with van der Waals surface area (Å²) in [5, 5.41) is 10.5. The lowest BCUT2D eigenvalue weighted by Crippen LogP contribution is -2.38. The van der Waals surface area contributed by atoms with Crippen molar-refractivity contribution >= 4 is 48.7 Å². The highest BCUT2D eigenvalue weighted by molar-refractivity contribution is 7.46. The molecule has 0 bridgehead atoms. The zero-order valence-corrected chi connectivity index (χ0v) is 27.8. The molecule has 2 heterocycles. The first kappa shape index (κ1) is 35.0. The number of carbonyl (C=O) groups is 4. The van der Waals surface area contributed by atoms with Crippen LogP contribution < -0.4 is 15.2 Å². The van der Waals surface area contributed by atoms with Crippen molar-refractivity contribution in [2.45, 2.75) is 52.5 Å². The van der Waals surface area contributed by atoms with Gasteiger partial charge in [-0.15, -0.1) is 0 Å². The minimum Gasteiger partial charge on any atom is -0.428 e. The molecular formula is C32H35N6O10P. The van der Waals surface area contributed by atoms with E-state index in [-0.39, 0.29) is 36.2 Å². The van der Waals surface area contributed by atoms with Crippen molar-refractivity contribution in [2.24, 2.45) is 0 Å². The Kier molecular flexibility index (Phi) is 10.6. The molecule has 5 rings (SSSR count). The van der Waals surface area contributed by atoms with E-state index in [1.54, 1.807) is 26.0 Å². The molecule has 49 heavy (non-hydrogen) atoms. The van der Waals surface area contributed by atoms with Crippen molar-refractivity contribution in [1.29, 1.82) is 0 Å². The van der Waals surface area contributed by atoms with Gasteiger partial charge in [0, 0.05) is 30.0 Å². The number of nitrogens with zero attached hydrogens (tertiary/aromatic N) is 4. The highest BCUT2D eigenvalue weighted by Crippen LogP contribution is 2.37. The van der Waals surface area contributed by atoms with Crippen molar-refractivity contribution in [2.75, 3.05) is 18.7 Å². The van der Waals surface area contributed by atoms with Crippen LogP contribution in [-0.4, -0.2) is 72.5 Å². The summed E-state index contributed by atoms with van der Waals surface area (Å²) < 4.78 is 27.0. The number of rotatable bonds is 13. The number of hydrogen-bond acceptors (Lipinski definition) is 11. The Morgan fingerprint density at radius 3 is 2.47 bits per heavy atom. The number of anilines is 2. The number of phosphoric acid groups is 1. The average Bonchev–Trinajstić information content (AvgIpc) is 3.80. The lowest BCUT2D eigenvalue weighted by Gasteiger charge is -2.19. The Labute approximate surface area is 280 Å². The van der Waals surface area contributed by atoms with Crippen LogP contribution in [0.4, 0.5) is 16.3 Å². The number of esters is 1. The molecule has 3 amide bonds. The van der Waals surface area contributed by atoms with Gasteiger partial charge in [0.05, 0.1) is 12.0 Å². The molecule has 0 atom stereocenters. The zero-order valence-electron chi connectivity index (χ0n) is 26.9. The smallest absolute Gasteiger partial charge is 0.428 e. The molecule has 2 aromatic carbocycles. The molecule has 1 aliphatic carbocycles. The molecular weight excluding hydrogens is 659 g/mol. The van der Waals surface area contributed by atoms with Gasteiger partial charge in [0.25, 0.3) is 11.8 Å². The summed E-state index contributed by atoms with van der Waals surface area (Å²) in [6.07, 6.45) is 3.92. The topological polar surface area (TPSA) is 211 Å². The number of fused-ring (bicyclic) bond motifs is 1. The van der Waals surface area contributed by atoms with E-state index >= 15 is 0 Å². The molecule has 0 spiro atoms. The zero-order chi connectivity index (χ0) is 35.3. The number of amides is 3. The van der Waals surface area contributed by atoms with Gasteiger partial charge in [-0.3, -0.25) is 24.2 Å². The van der Waals surface area contributed by atoms with Crippen LogP contribution in [-0.2, 0) is 25.3 Å². The van der Waals surface area contributed by atoms with Crippen molar-refractivity contribution in [3.63, 3.8) is 0 Å². The number of hydrogen-bond donors (Lipinski definition) is 4. The van der Waals surface area contributed by atoms with Gasteiger partial charge >= 0.3 is 19.9 Å². The summed E-state index contributed by atoms with van der Waals surface area (Å²) in [6.45, 7) is 4.64. The van der Waals surface area contributed by atoms with E-state index in [1.165, 1.54) is 41.3 Å². The van der Waals surface area contributed by atoms with Gasteiger partial charge in [-0.05, 0) is 74.1 Å². The predicted molar refractivity (Wildman–Crippen MR) is 174 cm³/mol. The molecule has 16 nitrogen and oxygen atoms in total. The molecule has 4 aromatic rings. The number of imide groups is 1. The molecule has 1 fully saturated rings. The van der Waals surface area contributed by atoms with Crippen LogP contribution in [0.2, 0.25) is 0 Å². The summed E-state index contributed by atoms with van der Waals surface area (Å²) in [5.41, 5.74) is 3.61. The molecule has 0 saturated heterocycles. The van der Waals surface area contributed by atoms with E-state index in [4.69, 9.17) is 19.3 Å². The standard InChI is InChI=1S/C32H35N6O10P/c1-4-13-37(32(42)47-18-46-27(39)14-21-6-11-24(12-7-21)48-49(43,44)45)31(41)25-16-38-28(20(25)3)29(33-17-34-38)36-26-15-22(8-5-19(26)2)30(40)35-23-9-10-23/h5-8,11-12,15-17,23H,4,9-10,13-14,18H2,1-3H3,(H,35,40)(H,33,34,36)(H2,43,44,45). The normalized spacial score (nSPS) is 12.7. The number of nitrogens with one attached hydrogen (secondary N) is 2. The third-order valence-corrected chi connectivity index (χ3v) is 7.98. The van der Waals surface area contributed by atoms with Crippen LogP contribution in [0, 0.1) is 13.8 Å². The van der Waals surface area contributed by atoms with Gasteiger partial charge in [0.2, 0.25) is 6.79 Å². The summed E-state index contributed by atoms with van der Waals surface area (Å²) in [7, 11) is -4.72. The van der Waals surface area contributed by atoms with Crippen LogP contribution in [0.25, 0.3) is 5.52 Å². The van der Waals surface area contributed by atoms with Gasteiger partial charge in [-0.2, -0.15) is 5.10 Å². The first-order chi connectivity index (χ1) is 23.3. The van der Waals surface area contributed by atoms with E-state index in [0.717, 1.165) is 23.3 Å². The molecule has 17 heteroatoms. The maximum absolute atomic E-state index is 13.7. The molecule has 2 aromatic heterocycles. The predicted octanol–water partition coefficient (Wildman–Crippen LogP) is 4.19. The monoisotopic (exact) mass is 694 g/mol. The third-order valence-electron chi connectivity index (χ3n) is 7.53. The fourth-order valence-electron chi connectivity index (χ4n) is 4.88. The fourth-order valence-corrected chi connectivity index (χ4v) is 5.28. The lowest BCUT2D eigenvalue weighted by atomic mass is 10.1. The second kappa shape index (κ2) is 14.8. The third kappa shape index (κ3) is 8.99. The minimum absolute atomic E-state index is 0.0198. The SMILES string of the molecule is CCCN(C(=O)OCOC(=O)Cc1ccc(OP(=O)(O)O)cc1)C(=O)c1cn2ncnc(Nc3cc(C(=O)NC4CC4)ccc3C)c2c1C. The van der Waals surface area contributed by atoms with Crippen molar-refractivity contribution < 1.29 is 47.5 Å². The molecule has 0 aliphatic heterocycles. The Bertz CT molecular complexity index is 1940. The van der Waals surface area contributed by atoms with E-state index in [2.05, 4.69) is 25.2 Å². The van der Waals surface area contributed by atoms with Crippen LogP contribution in [0.15, 0.2) is 55.0 Å². The Morgan fingerprint density at radius 1 is 1.06 bits per heavy atom. The summed E-state index contributed by atoms with van der Waals surface area (Å²) in [4.78, 5) is 74.7. The number of benzene rings is 2. The quantitative estimate of drug-likeness (QED) is 0.0880. The van der Waals surface area contributed by atoms with E-state index in [1.807, 2.05) is 13.0 Å². The number of ether oxygens (including phenoxy) is 2. The van der Waals surface area contributed by atoms with Crippen LogP contribution >= 0.6 is 7.82 Å². The summed E-state index contributed by atoms with van der Waals surface area (Å²) in [5.74, 6) is -1.26. The first-order valence-corrected chi connectivity index (χ1v) is 16.9. The van der Waals surface area contributed by atoms with Crippen LogP contribution in [0.1, 0.15) is 63.6 Å². The highest BCUT2D eigenvalue weighted by atomic mass is 31.2. The highest BCUT2D eigenvalue weighted by Gasteiger charge is 2.28. The second-order valence-electron chi connectivity index (χ2n) is 11.4. The second-order valence-corrected chi connectivity index (χ2v) is 12.5. The van der Waals surface area contributed by atoms with Crippen LogP contribution in [0.5, 0.6) is 5.75 Å². The van der Waals surface area contributed by atoms with Gasteiger partial charge in [0.15, 0.2) is 5.82 Å². The maximum atomic E-state index is 13.7. The first-order valence-electron chi connectivity index (χ1n) is 15.3. The summed E-state index contributed by atoms with van der Waals surface area (Å²) in [6, 6.07) is 10.9. The number of phosphoric ester groups is 1. The fraction of sp³-hybridized carbons (Fsp3) is 0.312. The van der Waals surface area contributed by atoms with Gasteiger partial charge < -0.3 is 24.6 Å². The Hall–Kier alpha value is -5.31. The molecule has 1 aliphatic rings. The number of aryl methyl sites for hydroxylation is 2. The van der Waals surface area contributed by atoms with Crippen molar-refractivity contribution in [1.82, 2.24) is 24.8 Å². The molecule has 258 valence electrons. The van der Waals surface area contributed by atoms with Crippen molar-refractivity contribution in [3.8, 4) is 5.75 Å². The Balaban J connectivity index is 1.24. The van der Waals surface area contributed by atoms with Gasteiger partial charge in [-0.25, -0.2) is 23.8 Å². The summed E-state index contributed by atoms with van der Waals surface area (Å²) >= 11 is 0. The average molecular weight is 695 g/mol. The van der Waals surface area contributed by atoms with Gasteiger partial charge in [-0.1, -0.05) is 25.1 Å². The maximum Gasteiger partial charge on any atom is 0.524 e. The largest absolute Gasteiger partial charge is 0.524 e. The van der Waals surface area contributed by atoms with Crippen molar-refractivity contribution in [3.05, 3.63) is 82.8 Å².